The molecule has 1 aromatic heterocycles. The molecule has 10 heteroatoms. The molecule has 174 valence electrons. The number of benzene rings is 2. The molecule has 0 spiro atoms. The van der Waals surface area contributed by atoms with Crippen molar-refractivity contribution in [3.8, 4) is 5.75 Å². The second kappa shape index (κ2) is 10.6. The molecule has 6 nitrogen and oxygen atoms in total. The van der Waals surface area contributed by atoms with E-state index >= 15 is 0 Å². The minimum absolute atomic E-state index is 0.0695. The summed E-state index contributed by atoms with van der Waals surface area (Å²) in [6.45, 7) is 7.90. The van der Waals surface area contributed by atoms with Crippen molar-refractivity contribution in [1.82, 2.24) is 14.8 Å². The molecule has 0 aliphatic heterocycles. The monoisotopic (exact) mass is 476 g/mol. The average molecular weight is 477 g/mol. The number of hydrogen-bond acceptors (Lipinski definition) is 5. The lowest BCUT2D eigenvalue weighted by molar-refractivity contribution is -0.137. The van der Waals surface area contributed by atoms with E-state index in [2.05, 4.69) is 22.1 Å². The molecule has 0 unspecified atom stereocenters. The molecule has 0 atom stereocenters. The Hall–Kier alpha value is -3.27. The summed E-state index contributed by atoms with van der Waals surface area (Å²) in [6, 6.07) is 10.4. The van der Waals surface area contributed by atoms with Gasteiger partial charge in [0.05, 0.1) is 11.3 Å². The van der Waals surface area contributed by atoms with Crippen molar-refractivity contribution in [2.24, 2.45) is 0 Å². The lowest BCUT2D eigenvalue weighted by Gasteiger charge is -2.11. The molecule has 0 aliphatic carbocycles. The third-order valence-electron chi connectivity index (χ3n) is 4.47. The number of amides is 1. The zero-order chi connectivity index (χ0) is 24.0. The van der Waals surface area contributed by atoms with Crippen LogP contribution in [0.15, 0.2) is 60.3 Å². The first-order chi connectivity index (χ1) is 15.7. The van der Waals surface area contributed by atoms with Crippen molar-refractivity contribution in [1.29, 1.82) is 0 Å². The van der Waals surface area contributed by atoms with Crippen LogP contribution in [0.4, 0.5) is 18.9 Å². The SMILES string of the molecule is C=CCn1c(COc2cccc(C(F)(F)F)c2)nnc1SCC(=O)Nc1cc(C)cc(C)c1. The van der Waals surface area contributed by atoms with Crippen LogP contribution in [0.1, 0.15) is 22.5 Å². The van der Waals surface area contributed by atoms with Gasteiger partial charge in [0.1, 0.15) is 12.4 Å². The van der Waals surface area contributed by atoms with Crippen LogP contribution in [-0.4, -0.2) is 26.4 Å². The number of hydrogen-bond donors (Lipinski definition) is 1. The minimum atomic E-state index is -4.45. The number of ether oxygens (including phenoxy) is 1. The van der Waals surface area contributed by atoms with Crippen molar-refractivity contribution in [2.75, 3.05) is 11.1 Å². The zero-order valence-electron chi connectivity index (χ0n) is 18.1. The van der Waals surface area contributed by atoms with E-state index < -0.39 is 11.7 Å². The number of alkyl halides is 3. The van der Waals surface area contributed by atoms with Crippen molar-refractivity contribution < 1.29 is 22.7 Å². The fraction of sp³-hybridized carbons (Fsp3) is 0.261. The van der Waals surface area contributed by atoms with Crippen LogP contribution in [0, 0.1) is 13.8 Å². The lowest BCUT2D eigenvalue weighted by Crippen LogP contribution is -2.15. The molecule has 33 heavy (non-hydrogen) atoms. The van der Waals surface area contributed by atoms with Gasteiger partial charge in [-0.05, 0) is 55.3 Å². The molecule has 2 aromatic carbocycles. The van der Waals surface area contributed by atoms with E-state index in [1.54, 1.807) is 10.6 Å². The Morgan fingerprint density at radius 1 is 1.18 bits per heavy atom. The fourth-order valence-electron chi connectivity index (χ4n) is 3.13. The minimum Gasteiger partial charge on any atom is -0.486 e. The molecular formula is C23H23F3N4O2S. The number of aromatic nitrogens is 3. The largest absolute Gasteiger partial charge is 0.486 e. The summed E-state index contributed by atoms with van der Waals surface area (Å²) in [5, 5.41) is 11.5. The Bertz CT molecular complexity index is 1120. The summed E-state index contributed by atoms with van der Waals surface area (Å²) >= 11 is 1.20. The predicted molar refractivity (Wildman–Crippen MR) is 121 cm³/mol. The van der Waals surface area contributed by atoms with Gasteiger partial charge in [0, 0.05) is 12.2 Å². The van der Waals surface area contributed by atoms with Crippen molar-refractivity contribution in [3.63, 3.8) is 0 Å². The number of halogens is 3. The Morgan fingerprint density at radius 2 is 1.91 bits per heavy atom. The van der Waals surface area contributed by atoms with Crippen molar-refractivity contribution >= 4 is 23.4 Å². The molecule has 3 aromatic rings. The van der Waals surface area contributed by atoms with Gasteiger partial charge in [0.15, 0.2) is 11.0 Å². The molecule has 0 saturated carbocycles. The third-order valence-corrected chi connectivity index (χ3v) is 5.44. The van der Waals surface area contributed by atoms with Gasteiger partial charge in [-0.1, -0.05) is 30.0 Å². The average Bonchev–Trinajstić information content (AvgIpc) is 3.11. The van der Waals surface area contributed by atoms with E-state index in [1.165, 1.54) is 23.9 Å². The van der Waals surface area contributed by atoms with Crippen LogP contribution in [0.25, 0.3) is 0 Å². The standard InChI is InChI=1S/C23H23F3N4O2S/c1-4-8-30-20(13-32-19-7-5-6-17(12-19)23(24,25)26)28-29-22(30)33-14-21(31)27-18-10-15(2)9-16(3)11-18/h4-7,9-12H,1,8,13-14H2,2-3H3,(H,27,31). The molecule has 1 heterocycles. The number of carbonyl (C=O) groups is 1. The number of anilines is 1. The molecule has 0 aliphatic rings. The smallest absolute Gasteiger partial charge is 0.416 e. The van der Waals surface area contributed by atoms with Gasteiger partial charge < -0.3 is 10.1 Å². The summed E-state index contributed by atoms with van der Waals surface area (Å²) in [5.74, 6) is 0.390. The van der Waals surface area contributed by atoms with Gasteiger partial charge in [-0.25, -0.2) is 0 Å². The molecular weight excluding hydrogens is 453 g/mol. The maximum absolute atomic E-state index is 12.9. The van der Waals surface area contributed by atoms with Crippen LogP contribution in [0.3, 0.4) is 0 Å². The third kappa shape index (κ3) is 6.85. The van der Waals surface area contributed by atoms with Crippen LogP contribution in [-0.2, 0) is 24.1 Å². The number of thioether (sulfide) groups is 1. The molecule has 0 radical (unpaired) electrons. The van der Waals surface area contributed by atoms with Crippen LogP contribution in [0.2, 0.25) is 0 Å². The number of nitrogens with zero attached hydrogens (tertiary/aromatic N) is 3. The molecule has 0 saturated heterocycles. The van der Waals surface area contributed by atoms with E-state index in [1.807, 2.05) is 32.0 Å². The second-order valence-electron chi connectivity index (χ2n) is 7.33. The summed E-state index contributed by atoms with van der Waals surface area (Å²) < 4.78 is 45.9. The first-order valence-electron chi connectivity index (χ1n) is 9.99. The highest BCUT2D eigenvalue weighted by Crippen LogP contribution is 2.31. The van der Waals surface area contributed by atoms with Gasteiger partial charge in [-0.15, -0.1) is 16.8 Å². The number of rotatable bonds is 9. The van der Waals surface area contributed by atoms with E-state index in [0.717, 1.165) is 28.9 Å². The normalized spacial score (nSPS) is 11.3. The summed E-state index contributed by atoms with van der Waals surface area (Å²) in [6.07, 6.45) is -2.82. The summed E-state index contributed by atoms with van der Waals surface area (Å²) in [5.41, 5.74) is 2.03. The Balaban J connectivity index is 1.64. The molecule has 1 N–H and O–H groups in total. The number of nitrogens with one attached hydrogen (secondary N) is 1. The van der Waals surface area contributed by atoms with E-state index in [4.69, 9.17) is 4.74 Å². The highest BCUT2D eigenvalue weighted by molar-refractivity contribution is 7.99. The summed E-state index contributed by atoms with van der Waals surface area (Å²) in [4.78, 5) is 12.4. The Kier molecular flexibility index (Phi) is 7.80. The van der Waals surface area contributed by atoms with Crippen LogP contribution >= 0.6 is 11.8 Å². The van der Waals surface area contributed by atoms with Crippen molar-refractivity contribution in [3.05, 3.63) is 77.6 Å². The summed E-state index contributed by atoms with van der Waals surface area (Å²) in [7, 11) is 0. The van der Waals surface area contributed by atoms with Gasteiger partial charge >= 0.3 is 6.18 Å². The second-order valence-corrected chi connectivity index (χ2v) is 8.27. The zero-order valence-corrected chi connectivity index (χ0v) is 19.0. The molecule has 3 rings (SSSR count). The molecule has 0 bridgehead atoms. The topological polar surface area (TPSA) is 69.0 Å². The first-order valence-corrected chi connectivity index (χ1v) is 11.0. The molecule has 0 fully saturated rings. The van der Waals surface area contributed by atoms with E-state index in [0.29, 0.717) is 17.5 Å². The fourth-order valence-corrected chi connectivity index (χ4v) is 3.90. The van der Waals surface area contributed by atoms with Gasteiger partial charge in [-0.3, -0.25) is 9.36 Å². The maximum atomic E-state index is 12.9. The number of carbonyl (C=O) groups excluding carboxylic acids is 1. The quantitative estimate of drug-likeness (QED) is 0.330. The van der Waals surface area contributed by atoms with Crippen LogP contribution < -0.4 is 10.1 Å². The number of allylic oxidation sites excluding steroid dienone is 1. The lowest BCUT2D eigenvalue weighted by atomic mass is 10.1. The highest BCUT2D eigenvalue weighted by Gasteiger charge is 2.30. The van der Waals surface area contributed by atoms with Gasteiger partial charge in [0.2, 0.25) is 5.91 Å². The van der Waals surface area contributed by atoms with E-state index in [9.17, 15) is 18.0 Å². The van der Waals surface area contributed by atoms with Gasteiger partial charge in [0.25, 0.3) is 0 Å². The Labute approximate surface area is 193 Å². The highest BCUT2D eigenvalue weighted by atomic mass is 32.2. The van der Waals surface area contributed by atoms with Crippen molar-refractivity contribution in [2.45, 2.75) is 38.3 Å². The first kappa shape index (κ1) is 24.4. The number of aryl methyl sites for hydroxylation is 2. The van der Waals surface area contributed by atoms with E-state index in [-0.39, 0.29) is 24.0 Å². The van der Waals surface area contributed by atoms with Gasteiger partial charge in [-0.2, -0.15) is 13.2 Å². The molecule has 1 amide bonds. The van der Waals surface area contributed by atoms with Crippen LogP contribution in [0.5, 0.6) is 5.75 Å². The Morgan fingerprint density at radius 3 is 2.58 bits per heavy atom. The maximum Gasteiger partial charge on any atom is 0.416 e. The predicted octanol–water partition coefficient (Wildman–Crippen LogP) is 5.41.